The van der Waals surface area contributed by atoms with Crippen molar-refractivity contribution in [3.63, 3.8) is 0 Å². The minimum atomic E-state index is -0.110. The highest BCUT2D eigenvalue weighted by Crippen LogP contribution is 2.30. The van der Waals surface area contributed by atoms with Gasteiger partial charge in [0.15, 0.2) is 5.82 Å². The van der Waals surface area contributed by atoms with Crippen LogP contribution in [0.25, 0.3) is 16.9 Å². The van der Waals surface area contributed by atoms with Crippen LogP contribution in [-0.4, -0.2) is 82.6 Å². The highest BCUT2D eigenvalue weighted by molar-refractivity contribution is 5.82. The first kappa shape index (κ1) is 22.5. The zero-order valence-electron chi connectivity index (χ0n) is 19.5. The Kier molecular flexibility index (Phi) is 6.32. The molecule has 0 spiro atoms. The number of aromatic nitrogens is 4. The molecule has 2 N–H and O–H groups in total. The zero-order valence-corrected chi connectivity index (χ0v) is 19.5. The molecule has 2 saturated heterocycles. The van der Waals surface area contributed by atoms with Crippen molar-refractivity contribution in [2.45, 2.75) is 25.3 Å². The monoisotopic (exact) mass is 462 g/mol. The summed E-state index contributed by atoms with van der Waals surface area (Å²) in [4.78, 5) is 13.9. The van der Waals surface area contributed by atoms with E-state index in [0.717, 1.165) is 70.0 Å². The van der Waals surface area contributed by atoms with E-state index in [1.807, 2.05) is 18.5 Å². The van der Waals surface area contributed by atoms with Crippen LogP contribution in [0.5, 0.6) is 5.75 Å². The van der Waals surface area contributed by atoms with Crippen molar-refractivity contribution < 1.29 is 9.47 Å². The van der Waals surface area contributed by atoms with E-state index in [9.17, 15) is 5.26 Å². The number of morpholine rings is 1. The molecule has 0 atom stereocenters. The summed E-state index contributed by atoms with van der Waals surface area (Å²) in [6.07, 6.45) is 8.90. The first-order valence-electron chi connectivity index (χ1n) is 11.7. The summed E-state index contributed by atoms with van der Waals surface area (Å²) >= 11 is 0. The van der Waals surface area contributed by atoms with E-state index in [1.165, 1.54) is 0 Å². The molecule has 10 nitrogen and oxygen atoms in total. The van der Waals surface area contributed by atoms with Gasteiger partial charge in [0.25, 0.3) is 0 Å². The third-order valence-corrected chi connectivity index (χ3v) is 6.64. The number of nitrogens with two attached hydrogens (primary N) is 1. The van der Waals surface area contributed by atoms with Crippen LogP contribution >= 0.6 is 0 Å². The second-order valence-corrected chi connectivity index (χ2v) is 9.26. The number of rotatable bonds is 6. The van der Waals surface area contributed by atoms with E-state index >= 15 is 0 Å². The van der Waals surface area contributed by atoms with Crippen LogP contribution in [0.15, 0.2) is 30.9 Å². The zero-order chi connectivity index (χ0) is 23.5. The van der Waals surface area contributed by atoms with Crippen molar-refractivity contribution in [3.8, 4) is 23.2 Å². The topological polar surface area (TPSA) is 118 Å². The number of piperidine rings is 1. The van der Waals surface area contributed by atoms with Crippen LogP contribution in [0.4, 0.5) is 5.69 Å². The van der Waals surface area contributed by atoms with Crippen LogP contribution in [0.3, 0.4) is 0 Å². The quantitative estimate of drug-likeness (QED) is 0.584. The first-order chi connectivity index (χ1) is 16.5. The first-order valence-corrected chi connectivity index (χ1v) is 11.7. The van der Waals surface area contributed by atoms with E-state index < -0.39 is 0 Å². The fourth-order valence-electron chi connectivity index (χ4n) is 4.44. The molecule has 0 aromatic carbocycles. The molecule has 0 aliphatic carbocycles. The van der Waals surface area contributed by atoms with Crippen molar-refractivity contribution >= 4 is 11.2 Å². The highest BCUT2D eigenvalue weighted by Gasteiger charge is 2.26. The molecular weight excluding hydrogens is 432 g/mol. The maximum Gasteiger partial charge on any atom is 0.161 e. The van der Waals surface area contributed by atoms with Crippen molar-refractivity contribution in [1.82, 2.24) is 24.5 Å². The minimum absolute atomic E-state index is 0.110. The molecule has 2 aliphatic heterocycles. The van der Waals surface area contributed by atoms with Crippen molar-refractivity contribution in [3.05, 3.63) is 36.4 Å². The lowest BCUT2D eigenvalue weighted by Crippen LogP contribution is -2.48. The molecule has 178 valence electrons. The molecule has 2 fully saturated rings. The van der Waals surface area contributed by atoms with Crippen molar-refractivity contribution in [1.29, 1.82) is 5.26 Å². The van der Waals surface area contributed by atoms with Crippen LogP contribution in [0, 0.1) is 11.3 Å². The molecule has 3 aromatic rings. The Morgan fingerprint density at radius 2 is 1.88 bits per heavy atom. The van der Waals surface area contributed by atoms with Crippen molar-refractivity contribution in [2.75, 3.05) is 57.4 Å². The van der Waals surface area contributed by atoms with E-state index in [4.69, 9.17) is 15.2 Å². The minimum Gasteiger partial charge on any atom is -0.491 e. The van der Waals surface area contributed by atoms with Gasteiger partial charge < -0.3 is 20.1 Å². The van der Waals surface area contributed by atoms with Gasteiger partial charge in [-0.15, -0.1) is 0 Å². The number of nitriles is 1. The molecular formula is C24H30N8O2. The number of fused-ring (bicyclic) bond motifs is 1. The van der Waals surface area contributed by atoms with Gasteiger partial charge in [0.2, 0.25) is 0 Å². The largest absolute Gasteiger partial charge is 0.491 e. The molecule has 0 amide bonds. The third kappa shape index (κ3) is 4.82. The molecule has 5 rings (SSSR count). The van der Waals surface area contributed by atoms with Gasteiger partial charge in [-0.2, -0.15) is 10.4 Å². The standard InChI is InChI=1S/C24H30N8O2/c1-24(26)2-4-31(5-3-24)19-15-27-23(28-16-19)21-12-20(17-32-22(21)18(13-25)14-29-32)34-11-8-30-6-9-33-10-7-30/h12,14-17H,2-11,26H2,1H3. The summed E-state index contributed by atoms with van der Waals surface area (Å²) in [7, 11) is 0. The number of nitrogens with zero attached hydrogens (tertiary/aromatic N) is 7. The number of anilines is 1. The van der Waals surface area contributed by atoms with Crippen LogP contribution in [0.2, 0.25) is 0 Å². The fraction of sp³-hybridized carbons (Fsp3) is 0.500. The van der Waals surface area contributed by atoms with Gasteiger partial charge in [0.1, 0.15) is 18.4 Å². The third-order valence-electron chi connectivity index (χ3n) is 6.64. The predicted molar refractivity (Wildman–Crippen MR) is 128 cm³/mol. The lowest BCUT2D eigenvalue weighted by Gasteiger charge is -2.37. The molecule has 0 radical (unpaired) electrons. The molecule has 2 aliphatic rings. The van der Waals surface area contributed by atoms with Gasteiger partial charge in [-0.05, 0) is 25.8 Å². The number of pyridine rings is 1. The predicted octanol–water partition coefficient (Wildman–Crippen LogP) is 1.69. The molecule has 10 heteroatoms. The van der Waals surface area contributed by atoms with Gasteiger partial charge in [0.05, 0.1) is 60.3 Å². The van der Waals surface area contributed by atoms with Crippen LogP contribution in [0.1, 0.15) is 25.3 Å². The Hall–Kier alpha value is -3.26. The number of ether oxygens (including phenoxy) is 2. The average Bonchev–Trinajstić information content (AvgIpc) is 3.28. The second-order valence-electron chi connectivity index (χ2n) is 9.26. The number of hydrogen-bond donors (Lipinski definition) is 1. The smallest absolute Gasteiger partial charge is 0.161 e. The van der Waals surface area contributed by atoms with Gasteiger partial charge in [-0.3, -0.25) is 4.90 Å². The van der Waals surface area contributed by atoms with E-state index in [2.05, 4.69) is 37.9 Å². The van der Waals surface area contributed by atoms with E-state index in [-0.39, 0.29) is 5.54 Å². The maximum atomic E-state index is 9.60. The Morgan fingerprint density at radius 1 is 1.15 bits per heavy atom. The van der Waals surface area contributed by atoms with Gasteiger partial charge in [-0.25, -0.2) is 14.5 Å². The fourth-order valence-corrected chi connectivity index (χ4v) is 4.44. The summed E-state index contributed by atoms with van der Waals surface area (Å²) < 4.78 is 13.1. The van der Waals surface area contributed by atoms with E-state index in [1.54, 1.807) is 16.9 Å². The van der Waals surface area contributed by atoms with Crippen molar-refractivity contribution in [2.24, 2.45) is 5.73 Å². The maximum absolute atomic E-state index is 9.60. The summed E-state index contributed by atoms with van der Waals surface area (Å²) in [5, 5.41) is 13.9. The Bertz CT molecular complexity index is 1170. The normalized spacial score (nSPS) is 18.7. The molecule has 34 heavy (non-hydrogen) atoms. The van der Waals surface area contributed by atoms with E-state index in [0.29, 0.717) is 29.3 Å². The lowest BCUT2D eigenvalue weighted by molar-refractivity contribution is 0.0322. The Morgan fingerprint density at radius 3 is 2.59 bits per heavy atom. The van der Waals surface area contributed by atoms with Gasteiger partial charge in [-0.1, -0.05) is 0 Å². The van der Waals surface area contributed by atoms with Crippen LogP contribution in [-0.2, 0) is 4.74 Å². The van der Waals surface area contributed by atoms with Crippen LogP contribution < -0.4 is 15.4 Å². The Labute approximate surface area is 198 Å². The SMILES string of the molecule is CC1(N)CCN(c2cnc(-c3cc(OCCN4CCOCC4)cn4ncc(C#N)c34)nc2)CC1. The second kappa shape index (κ2) is 9.54. The highest BCUT2D eigenvalue weighted by atomic mass is 16.5. The summed E-state index contributed by atoms with van der Waals surface area (Å²) in [6, 6.07) is 4.11. The van der Waals surface area contributed by atoms with Gasteiger partial charge in [0, 0.05) is 38.3 Å². The van der Waals surface area contributed by atoms with Gasteiger partial charge >= 0.3 is 0 Å². The number of hydrogen-bond acceptors (Lipinski definition) is 9. The molecule has 0 saturated carbocycles. The summed E-state index contributed by atoms with van der Waals surface area (Å²) in [6.45, 7) is 8.59. The molecule has 5 heterocycles. The molecule has 0 bridgehead atoms. The average molecular weight is 463 g/mol. The summed E-state index contributed by atoms with van der Waals surface area (Å²) in [5.41, 5.74) is 9.00. The molecule has 3 aromatic heterocycles. The molecule has 0 unspecified atom stereocenters. The Balaban J connectivity index is 1.37. The lowest BCUT2D eigenvalue weighted by atomic mass is 9.91. The summed E-state index contributed by atoms with van der Waals surface area (Å²) in [5.74, 6) is 1.19.